The van der Waals surface area contributed by atoms with Crippen molar-refractivity contribution < 1.29 is 55.3 Å². The molecule has 4 aromatic rings. The average molecular weight is 651 g/mol. The Morgan fingerprint density at radius 2 is 1.66 bits per heavy atom. The minimum atomic E-state index is -5.08. The lowest BCUT2D eigenvalue weighted by Gasteiger charge is -2.23. The molecule has 0 radical (unpaired) electrons. The monoisotopic (exact) mass is 650 g/mol. The summed E-state index contributed by atoms with van der Waals surface area (Å²) in [6.45, 7) is 1.83. The fourth-order valence-corrected chi connectivity index (χ4v) is 4.16. The largest absolute Gasteiger partial charge is 0.490 e. The second kappa shape index (κ2) is 14.4. The van der Waals surface area contributed by atoms with E-state index in [9.17, 15) is 30.7 Å². The molecule has 17 heteroatoms. The lowest BCUT2D eigenvalue weighted by molar-refractivity contribution is -0.193. The van der Waals surface area contributed by atoms with Crippen LogP contribution in [0, 0.1) is 5.82 Å². The van der Waals surface area contributed by atoms with E-state index in [1.807, 2.05) is 24.4 Å². The van der Waals surface area contributed by atoms with Crippen LogP contribution in [0.15, 0.2) is 55.0 Å². The summed E-state index contributed by atoms with van der Waals surface area (Å²) in [5, 5.41) is 18.9. The van der Waals surface area contributed by atoms with Crippen LogP contribution in [0.3, 0.4) is 0 Å². The zero-order valence-corrected chi connectivity index (χ0v) is 22.9. The van der Waals surface area contributed by atoms with Gasteiger partial charge in [0.2, 0.25) is 5.88 Å². The van der Waals surface area contributed by atoms with E-state index in [0.717, 1.165) is 42.4 Å². The smallest absolute Gasteiger partial charge is 0.475 e. The molecule has 5 rings (SSSR count). The highest BCUT2D eigenvalue weighted by Gasteiger charge is 2.38. The Balaban J connectivity index is 0.000000317. The summed E-state index contributed by atoms with van der Waals surface area (Å²) < 4.78 is 83.9. The quantitative estimate of drug-likeness (QED) is 0.184. The van der Waals surface area contributed by atoms with Crippen LogP contribution in [0.5, 0.6) is 5.88 Å². The molecule has 2 aromatic heterocycles. The number of rotatable bonds is 4. The molecule has 2 aromatic carbocycles. The summed E-state index contributed by atoms with van der Waals surface area (Å²) in [6, 6.07) is 10.4. The number of carboxylic acid groups (broad SMARTS) is 2. The molecule has 4 N–H and O–H groups in total. The molecule has 1 saturated heterocycles. The molecular weight excluding hydrogens is 629 g/mol. The maximum Gasteiger partial charge on any atom is 0.490 e. The number of aliphatic carboxylic acids is 2. The van der Waals surface area contributed by atoms with Crippen molar-refractivity contribution in [3.63, 3.8) is 0 Å². The van der Waals surface area contributed by atoms with Crippen molar-refractivity contribution >= 4 is 34.4 Å². The molecule has 1 atom stereocenters. The van der Waals surface area contributed by atoms with Crippen molar-refractivity contribution in [2.24, 2.45) is 0 Å². The standard InChI is InChI=1S/C23H20ClFN4O.2C2HF3O2/c24-18-4-1-5-19(25)23(18)14-6-7-20-16(9-14)17(11-28-20)21-12-27-13-22(29-21)30-15-3-2-8-26-10-15;2*3-2(4,5)1(6)7/h1,4-7,9,11-13,15,26,28H,2-3,8,10H2;2*(H,6,7)/t15-;;/m1../s1. The lowest BCUT2D eigenvalue weighted by atomic mass is 10.0. The number of hydrogen-bond acceptors (Lipinski definition) is 6. The molecule has 9 nitrogen and oxygen atoms in total. The highest BCUT2D eigenvalue weighted by atomic mass is 35.5. The van der Waals surface area contributed by atoms with Gasteiger partial charge in [-0.3, -0.25) is 4.98 Å². The number of nitrogens with one attached hydrogen (secondary N) is 2. The second-order valence-corrected chi connectivity index (χ2v) is 9.40. The number of alkyl halides is 6. The van der Waals surface area contributed by atoms with Gasteiger partial charge in [0.25, 0.3) is 0 Å². The van der Waals surface area contributed by atoms with Gasteiger partial charge in [-0.05, 0) is 49.2 Å². The van der Waals surface area contributed by atoms with Crippen molar-refractivity contribution in [1.82, 2.24) is 20.3 Å². The number of halogens is 8. The first kappa shape index (κ1) is 34.1. The predicted molar refractivity (Wildman–Crippen MR) is 144 cm³/mol. The number of ether oxygens (including phenoxy) is 1. The van der Waals surface area contributed by atoms with Crippen LogP contribution in [-0.2, 0) is 9.59 Å². The Kier molecular flexibility index (Phi) is 11.1. The highest BCUT2D eigenvalue weighted by Crippen LogP contribution is 2.35. The maximum absolute atomic E-state index is 14.4. The van der Waals surface area contributed by atoms with E-state index in [0.29, 0.717) is 27.7 Å². The van der Waals surface area contributed by atoms with Crippen molar-refractivity contribution in [2.45, 2.75) is 31.3 Å². The minimum Gasteiger partial charge on any atom is -0.475 e. The Labute approximate surface area is 248 Å². The molecule has 1 fully saturated rings. The Bertz CT molecular complexity index is 1560. The molecule has 1 aliphatic rings. The lowest BCUT2D eigenvalue weighted by Crippen LogP contribution is -2.37. The summed E-state index contributed by atoms with van der Waals surface area (Å²) in [5.74, 6) is -5.36. The number of aromatic nitrogens is 3. The Hall–Kier alpha value is -4.44. The Morgan fingerprint density at radius 1 is 1.00 bits per heavy atom. The number of benzene rings is 2. The molecule has 0 spiro atoms. The zero-order chi connectivity index (χ0) is 32.7. The van der Waals surface area contributed by atoms with Gasteiger partial charge in [-0.2, -0.15) is 26.3 Å². The van der Waals surface area contributed by atoms with Crippen LogP contribution in [-0.4, -0.2) is 68.6 Å². The SMILES string of the molecule is Fc1cccc(Cl)c1-c1ccc2[nH]cc(-c3cncc(O[C@@H]4CCCNC4)n3)c2c1.O=C(O)C(F)(F)F.O=C(O)C(F)(F)F. The molecule has 236 valence electrons. The van der Waals surface area contributed by atoms with E-state index < -0.39 is 24.3 Å². The van der Waals surface area contributed by atoms with Crippen LogP contribution in [0.4, 0.5) is 30.7 Å². The van der Waals surface area contributed by atoms with Crippen molar-refractivity contribution in [3.05, 3.63) is 65.8 Å². The number of nitrogens with zero attached hydrogens (tertiary/aromatic N) is 2. The molecule has 0 saturated carbocycles. The van der Waals surface area contributed by atoms with Gasteiger partial charge in [-0.25, -0.2) is 19.0 Å². The maximum atomic E-state index is 14.4. The Morgan fingerprint density at radius 3 is 2.23 bits per heavy atom. The van der Waals surface area contributed by atoms with E-state index in [1.54, 1.807) is 24.5 Å². The van der Waals surface area contributed by atoms with E-state index in [1.165, 1.54) is 6.07 Å². The second-order valence-electron chi connectivity index (χ2n) is 8.99. The highest BCUT2D eigenvalue weighted by molar-refractivity contribution is 6.33. The molecule has 0 bridgehead atoms. The fourth-order valence-electron chi connectivity index (χ4n) is 3.89. The number of carbonyl (C=O) groups is 2. The van der Waals surface area contributed by atoms with E-state index in [4.69, 9.17) is 36.1 Å². The first-order valence-corrected chi connectivity index (χ1v) is 12.8. The minimum absolute atomic E-state index is 0.0982. The molecular formula is C27H22ClF7N4O5. The molecule has 44 heavy (non-hydrogen) atoms. The number of aromatic amines is 1. The van der Waals surface area contributed by atoms with E-state index >= 15 is 0 Å². The van der Waals surface area contributed by atoms with Crippen molar-refractivity contribution in [2.75, 3.05) is 13.1 Å². The molecule has 1 aliphatic heterocycles. The number of hydrogen-bond donors (Lipinski definition) is 4. The topological polar surface area (TPSA) is 137 Å². The first-order chi connectivity index (χ1) is 20.6. The third-order valence-electron chi connectivity index (χ3n) is 5.85. The number of piperidine rings is 1. The van der Waals surface area contributed by atoms with Gasteiger partial charge < -0.3 is 25.3 Å². The van der Waals surface area contributed by atoms with Gasteiger partial charge in [-0.1, -0.05) is 23.7 Å². The molecule has 0 aliphatic carbocycles. The molecule has 3 heterocycles. The normalized spacial score (nSPS) is 15.0. The summed E-state index contributed by atoms with van der Waals surface area (Å²) in [5.41, 5.74) is 3.59. The van der Waals surface area contributed by atoms with Crippen LogP contribution in [0.2, 0.25) is 5.02 Å². The number of fused-ring (bicyclic) bond motifs is 1. The van der Waals surface area contributed by atoms with Gasteiger partial charge in [0.05, 0.1) is 23.1 Å². The van der Waals surface area contributed by atoms with Gasteiger partial charge >= 0.3 is 24.3 Å². The summed E-state index contributed by atoms with van der Waals surface area (Å²) in [4.78, 5) is 30.0. The third kappa shape index (κ3) is 9.28. The average Bonchev–Trinajstić information content (AvgIpc) is 3.37. The van der Waals surface area contributed by atoms with E-state index in [2.05, 4.69) is 20.3 Å². The molecule has 0 amide bonds. The van der Waals surface area contributed by atoms with Crippen LogP contribution in [0.1, 0.15) is 12.8 Å². The van der Waals surface area contributed by atoms with Gasteiger partial charge in [-0.15, -0.1) is 0 Å². The summed E-state index contributed by atoms with van der Waals surface area (Å²) >= 11 is 6.27. The van der Waals surface area contributed by atoms with Crippen LogP contribution in [0.25, 0.3) is 33.3 Å². The van der Waals surface area contributed by atoms with Gasteiger partial charge in [0.15, 0.2) is 0 Å². The van der Waals surface area contributed by atoms with Gasteiger partial charge in [0, 0.05) is 34.8 Å². The van der Waals surface area contributed by atoms with Crippen LogP contribution < -0.4 is 10.1 Å². The van der Waals surface area contributed by atoms with Gasteiger partial charge in [0.1, 0.15) is 11.9 Å². The van der Waals surface area contributed by atoms with Crippen LogP contribution >= 0.6 is 11.6 Å². The zero-order valence-electron chi connectivity index (χ0n) is 22.1. The van der Waals surface area contributed by atoms with Crippen molar-refractivity contribution in [3.8, 4) is 28.3 Å². The summed E-state index contributed by atoms with van der Waals surface area (Å²) in [6.07, 6.45) is -2.76. The number of carboxylic acids is 2. The third-order valence-corrected chi connectivity index (χ3v) is 6.16. The fraction of sp³-hybridized carbons (Fsp3) is 0.259. The molecule has 0 unspecified atom stereocenters. The van der Waals surface area contributed by atoms with Crippen molar-refractivity contribution in [1.29, 1.82) is 0 Å². The summed E-state index contributed by atoms with van der Waals surface area (Å²) in [7, 11) is 0. The predicted octanol–water partition coefficient (Wildman–Crippen LogP) is 6.48. The first-order valence-electron chi connectivity index (χ1n) is 12.4. The number of H-pyrrole nitrogens is 1. The van der Waals surface area contributed by atoms with E-state index in [-0.39, 0.29) is 11.9 Å².